The Hall–Kier alpha value is -2.23. The number of benzene rings is 1. The Balaban J connectivity index is 2.01. The van der Waals surface area contributed by atoms with Crippen LogP contribution in [-0.2, 0) is 11.0 Å². The zero-order chi connectivity index (χ0) is 18.4. The van der Waals surface area contributed by atoms with Gasteiger partial charge in [-0.25, -0.2) is 0 Å². The van der Waals surface area contributed by atoms with Gasteiger partial charge in [0, 0.05) is 25.6 Å². The largest absolute Gasteiger partial charge is 0.416 e. The second-order valence-electron chi connectivity index (χ2n) is 6.25. The van der Waals surface area contributed by atoms with Gasteiger partial charge in [-0.05, 0) is 37.5 Å². The van der Waals surface area contributed by atoms with E-state index in [9.17, 15) is 23.2 Å². The highest BCUT2D eigenvalue weighted by molar-refractivity contribution is 5.79. The maximum Gasteiger partial charge on any atom is 0.416 e. The van der Waals surface area contributed by atoms with Gasteiger partial charge in [-0.1, -0.05) is 13.3 Å². The molecule has 1 aliphatic heterocycles. The molecule has 0 atom stereocenters. The monoisotopic (exact) mass is 353 g/mol. The van der Waals surface area contributed by atoms with Crippen LogP contribution in [0.2, 0.25) is 0 Å². The van der Waals surface area contributed by atoms with Crippen molar-refractivity contribution in [3.05, 3.63) is 29.3 Å². The number of halogens is 3. The van der Waals surface area contributed by atoms with E-state index in [-0.39, 0.29) is 17.4 Å². The zero-order valence-electron chi connectivity index (χ0n) is 14.2. The Kier molecular flexibility index (Phi) is 6.29. The van der Waals surface area contributed by atoms with Gasteiger partial charge in [0.15, 0.2) is 0 Å². The van der Waals surface area contributed by atoms with Gasteiger partial charge in [0.2, 0.25) is 5.91 Å². The molecule has 0 unspecified atom stereocenters. The van der Waals surface area contributed by atoms with Gasteiger partial charge in [0.1, 0.15) is 6.07 Å². The Labute approximate surface area is 145 Å². The summed E-state index contributed by atoms with van der Waals surface area (Å²) in [6.07, 6.45) is -1.24. The van der Waals surface area contributed by atoms with Crippen LogP contribution in [0.4, 0.5) is 18.9 Å². The first kappa shape index (κ1) is 19.1. The number of carbonyl (C=O) groups is 1. The highest BCUT2D eigenvalue weighted by atomic mass is 19.4. The first-order chi connectivity index (χ1) is 11.9. The number of nitrogens with zero attached hydrogens (tertiary/aromatic N) is 2. The minimum atomic E-state index is -4.46. The number of hydrogen-bond acceptors (Lipinski definition) is 3. The molecule has 0 aliphatic carbocycles. The van der Waals surface area contributed by atoms with E-state index in [4.69, 9.17) is 0 Å². The average molecular weight is 353 g/mol. The topological polar surface area (TPSA) is 56.1 Å². The van der Waals surface area contributed by atoms with E-state index in [0.717, 1.165) is 25.0 Å². The molecule has 0 bridgehead atoms. The summed E-state index contributed by atoms with van der Waals surface area (Å²) in [6, 6.07) is 5.09. The quantitative estimate of drug-likeness (QED) is 0.821. The maximum atomic E-state index is 12.8. The molecule has 0 spiro atoms. The fourth-order valence-electron chi connectivity index (χ4n) is 2.99. The van der Waals surface area contributed by atoms with Crippen molar-refractivity contribution in [2.24, 2.45) is 5.92 Å². The summed E-state index contributed by atoms with van der Waals surface area (Å²) < 4.78 is 38.3. The number of alkyl halides is 3. The summed E-state index contributed by atoms with van der Waals surface area (Å²) in [5, 5.41) is 12.1. The van der Waals surface area contributed by atoms with Crippen LogP contribution in [0.15, 0.2) is 18.2 Å². The van der Waals surface area contributed by atoms with Crippen LogP contribution in [0.25, 0.3) is 0 Å². The van der Waals surface area contributed by atoms with E-state index in [1.807, 2.05) is 11.0 Å². The number of rotatable bonds is 5. The van der Waals surface area contributed by atoms with Gasteiger partial charge in [0.05, 0.1) is 16.8 Å². The molecular formula is C18H22F3N3O. The molecule has 0 saturated carbocycles. The summed E-state index contributed by atoms with van der Waals surface area (Å²) in [5.74, 6) is -0.0332. The fraction of sp³-hybridized carbons (Fsp3) is 0.556. The van der Waals surface area contributed by atoms with E-state index in [0.29, 0.717) is 38.2 Å². The summed E-state index contributed by atoms with van der Waals surface area (Å²) in [6.45, 7) is 3.83. The molecule has 2 rings (SSSR count). The van der Waals surface area contributed by atoms with Crippen LogP contribution in [0.5, 0.6) is 0 Å². The predicted molar refractivity (Wildman–Crippen MR) is 89.0 cm³/mol. The molecule has 1 aliphatic rings. The van der Waals surface area contributed by atoms with Crippen molar-refractivity contribution in [3.8, 4) is 6.07 Å². The lowest BCUT2D eigenvalue weighted by Gasteiger charge is -2.33. The van der Waals surface area contributed by atoms with Gasteiger partial charge in [-0.2, -0.15) is 18.4 Å². The molecule has 1 amide bonds. The van der Waals surface area contributed by atoms with E-state index in [1.165, 1.54) is 6.07 Å². The van der Waals surface area contributed by atoms with Crippen LogP contribution < -0.4 is 10.2 Å². The van der Waals surface area contributed by atoms with Crippen molar-refractivity contribution in [1.82, 2.24) is 5.32 Å². The van der Waals surface area contributed by atoms with Crippen LogP contribution in [0, 0.1) is 17.2 Å². The Morgan fingerprint density at radius 1 is 1.36 bits per heavy atom. The van der Waals surface area contributed by atoms with Gasteiger partial charge < -0.3 is 10.2 Å². The summed E-state index contributed by atoms with van der Waals surface area (Å²) >= 11 is 0. The van der Waals surface area contributed by atoms with Gasteiger partial charge >= 0.3 is 6.18 Å². The number of carbonyl (C=O) groups excluding carboxylic acids is 1. The Bertz CT molecular complexity index is 644. The number of piperidine rings is 1. The third-order valence-electron chi connectivity index (χ3n) is 4.48. The molecular weight excluding hydrogens is 331 g/mol. The Morgan fingerprint density at radius 3 is 2.60 bits per heavy atom. The predicted octanol–water partition coefficient (Wildman–Crippen LogP) is 3.71. The number of unbranched alkanes of at least 4 members (excludes halogenated alkanes) is 1. The van der Waals surface area contributed by atoms with Crippen LogP contribution in [0.1, 0.15) is 43.7 Å². The maximum absolute atomic E-state index is 12.8. The SMILES string of the molecule is CCCCNC(=O)C1CCN(c2ccc(C(F)(F)F)cc2C#N)CC1. The van der Waals surface area contributed by atoms with Crippen molar-refractivity contribution in [3.63, 3.8) is 0 Å². The third kappa shape index (κ3) is 4.88. The number of amides is 1. The molecule has 1 aromatic carbocycles. The van der Waals surface area contributed by atoms with Crippen molar-refractivity contribution >= 4 is 11.6 Å². The van der Waals surface area contributed by atoms with E-state index >= 15 is 0 Å². The van der Waals surface area contributed by atoms with Crippen LogP contribution in [-0.4, -0.2) is 25.5 Å². The molecule has 1 saturated heterocycles. The summed E-state index contributed by atoms with van der Waals surface area (Å²) in [7, 11) is 0. The molecule has 0 radical (unpaired) electrons. The second-order valence-corrected chi connectivity index (χ2v) is 6.25. The standard InChI is InChI=1S/C18H22F3N3O/c1-2-3-8-23-17(25)13-6-9-24(10-7-13)16-5-4-15(18(19,20)21)11-14(16)12-22/h4-5,11,13H,2-3,6-10H2,1H3,(H,23,25). The molecule has 7 heteroatoms. The molecule has 1 N–H and O–H groups in total. The van der Waals surface area contributed by atoms with Crippen molar-refractivity contribution in [2.45, 2.75) is 38.8 Å². The average Bonchev–Trinajstić information content (AvgIpc) is 2.60. The van der Waals surface area contributed by atoms with E-state index in [1.54, 1.807) is 0 Å². The highest BCUT2D eigenvalue weighted by Gasteiger charge is 2.32. The lowest BCUT2D eigenvalue weighted by atomic mass is 9.94. The van der Waals surface area contributed by atoms with Crippen molar-refractivity contribution in [2.75, 3.05) is 24.5 Å². The fourth-order valence-corrected chi connectivity index (χ4v) is 2.99. The minimum Gasteiger partial charge on any atom is -0.370 e. The lowest BCUT2D eigenvalue weighted by molar-refractivity contribution is -0.137. The third-order valence-corrected chi connectivity index (χ3v) is 4.48. The number of nitrogens with one attached hydrogen (secondary N) is 1. The molecule has 0 aromatic heterocycles. The normalized spacial score (nSPS) is 15.7. The van der Waals surface area contributed by atoms with Gasteiger partial charge in [-0.15, -0.1) is 0 Å². The molecule has 136 valence electrons. The van der Waals surface area contributed by atoms with Gasteiger partial charge in [-0.3, -0.25) is 4.79 Å². The van der Waals surface area contributed by atoms with Crippen molar-refractivity contribution < 1.29 is 18.0 Å². The molecule has 1 fully saturated rings. The smallest absolute Gasteiger partial charge is 0.370 e. The second kappa shape index (κ2) is 8.24. The first-order valence-electron chi connectivity index (χ1n) is 8.50. The van der Waals surface area contributed by atoms with E-state index < -0.39 is 11.7 Å². The van der Waals surface area contributed by atoms with Gasteiger partial charge in [0.25, 0.3) is 0 Å². The summed E-state index contributed by atoms with van der Waals surface area (Å²) in [5.41, 5.74) is -0.306. The zero-order valence-corrected chi connectivity index (χ0v) is 14.2. The molecule has 25 heavy (non-hydrogen) atoms. The molecule has 1 heterocycles. The first-order valence-corrected chi connectivity index (χ1v) is 8.50. The number of anilines is 1. The van der Waals surface area contributed by atoms with E-state index in [2.05, 4.69) is 12.2 Å². The van der Waals surface area contributed by atoms with Crippen LogP contribution >= 0.6 is 0 Å². The Morgan fingerprint density at radius 2 is 2.04 bits per heavy atom. The lowest BCUT2D eigenvalue weighted by Crippen LogP contribution is -2.41. The summed E-state index contributed by atoms with van der Waals surface area (Å²) in [4.78, 5) is 14.0. The molecule has 1 aromatic rings. The molecule has 4 nitrogen and oxygen atoms in total. The van der Waals surface area contributed by atoms with Crippen molar-refractivity contribution in [1.29, 1.82) is 5.26 Å². The number of nitriles is 1. The minimum absolute atomic E-state index is 0.0145. The van der Waals surface area contributed by atoms with Crippen LogP contribution in [0.3, 0.4) is 0 Å². The number of hydrogen-bond donors (Lipinski definition) is 1. The highest BCUT2D eigenvalue weighted by Crippen LogP contribution is 2.33.